The molecule has 0 aromatic carbocycles. The molecule has 1 fully saturated rings. The molecule has 27 heavy (non-hydrogen) atoms. The lowest BCUT2D eigenvalue weighted by atomic mass is 10.1. The van der Waals surface area contributed by atoms with Crippen LogP contribution in [0.4, 0.5) is 0 Å². The number of rotatable bonds is 6. The third-order valence-corrected chi connectivity index (χ3v) is 4.88. The maximum Gasteiger partial charge on any atom is 0.156 e. The Kier molecular flexibility index (Phi) is 5.25. The minimum absolute atomic E-state index is 0.0385. The Morgan fingerprint density at radius 3 is 2.56 bits per heavy atom. The van der Waals surface area contributed by atoms with Crippen LogP contribution in [0.1, 0.15) is 49.9 Å². The first kappa shape index (κ1) is 17.8. The van der Waals surface area contributed by atoms with E-state index in [0.717, 1.165) is 42.5 Å². The van der Waals surface area contributed by atoms with E-state index in [0.29, 0.717) is 5.92 Å². The number of nitrogens with zero attached hydrogens (tertiary/aromatic N) is 6. The molecule has 0 N–H and O–H groups in total. The zero-order chi connectivity index (χ0) is 18.6. The van der Waals surface area contributed by atoms with Gasteiger partial charge in [0, 0.05) is 25.0 Å². The van der Waals surface area contributed by atoms with Crippen molar-refractivity contribution in [2.75, 3.05) is 13.1 Å². The van der Waals surface area contributed by atoms with Crippen molar-refractivity contribution in [2.24, 2.45) is 5.92 Å². The van der Waals surface area contributed by atoms with Crippen LogP contribution in [-0.4, -0.2) is 42.7 Å². The van der Waals surface area contributed by atoms with E-state index in [1.807, 2.05) is 41.3 Å². The molecule has 4 rings (SSSR count). The van der Waals surface area contributed by atoms with Gasteiger partial charge in [0.1, 0.15) is 0 Å². The van der Waals surface area contributed by atoms with E-state index in [4.69, 9.17) is 10.1 Å². The lowest BCUT2D eigenvalue weighted by Crippen LogP contribution is -2.29. The van der Waals surface area contributed by atoms with Crippen LogP contribution in [0, 0.1) is 5.92 Å². The minimum atomic E-state index is 0.0385. The summed E-state index contributed by atoms with van der Waals surface area (Å²) in [5.74, 6) is 3.11. The molecule has 0 amide bonds. The Bertz CT molecular complexity index is 853. The monoisotopic (exact) mass is 362 g/mol. The molecule has 0 unspecified atom stereocenters. The summed E-state index contributed by atoms with van der Waals surface area (Å²) in [5, 5.41) is 4.83. The predicted molar refractivity (Wildman–Crippen MR) is 105 cm³/mol. The van der Waals surface area contributed by atoms with Crippen molar-refractivity contribution in [2.45, 2.75) is 39.2 Å². The third-order valence-electron chi connectivity index (χ3n) is 4.88. The molecule has 3 aromatic rings. The van der Waals surface area contributed by atoms with E-state index in [1.165, 1.54) is 12.8 Å². The van der Waals surface area contributed by atoms with Gasteiger partial charge < -0.3 is 0 Å². The highest BCUT2D eigenvalue weighted by molar-refractivity contribution is 5.29. The Hall–Kier alpha value is -2.60. The first-order valence-electron chi connectivity index (χ1n) is 9.73. The van der Waals surface area contributed by atoms with Crippen molar-refractivity contribution >= 4 is 0 Å². The number of hydrogen-bond acceptors (Lipinski definition) is 5. The maximum absolute atomic E-state index is 4.99. The molecule has 4 heterocycles. The summed E-state index contributed by atoms with van der Waals surface area (Å²) in [4.78, 5) is 16.4. The molecular formula is C21H26N6. The quantitative estimate of drug-likeness (QED) is 0.672. The standard InChI is InChI=1S/C21H26N6/c1-16(2)14-18-24-21(27(25-18)19-9-3-4-11-23-19)20(26-12-5-6-13-26)17-8-7-10-22-15-17/h3-4,7-11,15-16,20H,5-6,12-14H2,1-2H3/t20-/m1/s1. The van der Waals surface area contributed by atoms with Crippen molar-refractivity contribution in [3.8, 4) is 5.82 Å². The Morgan fingerprint density at radius 1 is 1.04 bits per heavy atom. The second-order valence-corrected chi connectivity index (χ2v) is 7.52. The highest BCUT2D eigenvalue weighted by Gasteiger charge is 2.31. The first-order valence-corrected chi connectivity index (χ1v) is 9.73. The molecule has 6 heteroatoms. The molecule has 1 aliphatic heterocycles. The Morgan fingerprint density at radius 2 is 1.89 bits per heavy atom. The van der Waals surface area contributed by atoms with Crippen molar-refractivity contribution in [3.63, 3.8) is 0 Å². The van der Waals surface area contributed by atoms with Crippen LogP contribution in [-0.2, 0) is 6.42 Å². The zero-order valence-electron chi connectivity index (χ0n) is 16.0. The molecule has 140 valence electrons. The topological polar surface area (TPSA) is 59.7 Å². The summed E-state index contributed by atoms with van der Waals surface area (Å²) < 4.78 is 1.92. The summed E-state index contributed by atoms with van der Waals surface area (Å²) in [5.41, 5.74) is 1.15. The molecule has 0 spiro atoms. The van der Waals surface area contributed by atoms with E-state index < -0.39 is 0 Å². The highest BCUT2D eigenvalue weighted by Crippen LogP contribution is 2.31. The smallest absolute Gasteiger partial charge is 0.156 e. The fourth-order valence-corrected chi connectivity index (χ4v) is 3.71. The largest absolute Gasteiger partial charge is 0.290 e. The lowest BCUT2D eigenvalue weighted by Gasteiger charge is -2.27. The van der Waals surface area contributed by atoms with Crippen LogP contribution >= 0.6 is 0 Å². The summed E-state index contributed by atoms with van der Waals surface area (Å²) in [6, 6.07) is 10.1. The number of hydrogen-bond donors (Lipinski definition) is 0. The highest BCUT2D eigenvalue weighted by atomic mass is 15.4. The molecule has 1 aliphatic rings. The summed E-state index contributed by atoms with van der Waals surface area (Å²) in [6.45, 7) is 6.52. The summed E-state index contributed by atoms with van der Waals surface area (Å²) >= 11 is 0. The van der Waals surface area contributed by atoms with Gasteiger partial charge in [0.25, 0.3) is 0 Å². The normalized spacial score (nSPS) is 16.1. The third kappa shape index (κ3) is 3.90. The lowest BCUT2D eigenvalue weighted by molar-refractivity contribution is 0.268. The summed E-state index contributed by atoms with van der Waals surface area (Å²) in [7, 11) is 0. The van der Waals surface area contributed by atoms with Gasteiger partial charge in [-0.15, -0.1) is 5.10 Å². The van der Waals surface area contributed by atoms with Gasteiger partial charge >= 0.3 is 0 Å². The van der Waals surface area contributed by atoms with Crippen molar-refractivity contribution < 1.29 is 0 Å². The summed E-state index contributed by atoms with van der Waals surface area (Å²) in [6.07, 6.45) is 8.85. The van der Waals surface area contributed by atoms with Gasteiger partial charge in [0.15, 0.2) is 17.5 Å². The first-order chi connectivity index (χ1) is 13.2. The van der Waals surface area contributed by atoms with Crippen molar-refractivity contribution in [1.82, 2.24) is 29.6 Å². The molecule has 0 saturated carbocycles. The number of aromatic nitrogens is 5. The van der Waals surface area contributed by atoms with Crippen LogP contribution in [0.25, 0.3) is 5.82 Å². The van der Waals surface area contributed by atoms with Gasteiger partial charge in [0.05, 0.1) is 6.04 Å². The molecule has 0 radical (unpaired) electrons. The molecule has 0 aliphatic carbocycles. The average Bonchev–Trinajstić information content (AvgIpc) is 3.34. The van der Waals surface area contributed by atoms with E-state index in [1.54, 1.807) is 6.20 Å². The fourth-order valence-electron chi connectivity index (χ4n) is 3.71. The maximum atomic E-state index is 4.99. The van der Waals surface area contributed by atoms with Gasteiger partial charge in [-0.3, -0.25) is 9.88 Å². The SMILES string of the molecule is CC(C)Cc1nc([C@@H](c2cccnc2)N2CCCC2)n(-c2ccccn2)n1. The molecule has 0 bridgehead atoms. The van der Waals surface area contributed by atoms with E-state index in [2.05, 4.69) is 34.8 Å². The van der Waals surface area contributed by atoms with Crippen molar-refractivity contribution in [3.05, 3.63) is 66.1 Å². The second-order valence-electron chi connectivity index (χ2n) is 7.52. The average molecular weight is 362 g/mol. The Balaban J connectivity index is 1.84. The zero-order valence-corrected chi connectivity index (χ0v) is 16.0. The van der Waals surface area contributed by atoms with E-state index in [-0.39, 0.29) is 6.04 Å². The van der Waals surface area contributed by atoms with Gasteiger partial charge in [-0.25, -0.2) is 9.97 Å². The fraction of sp³-hybridized carbons (Fsp3) is 0.429. The van der Waals surface area contributed by atoms with Crippen LogP contribution in [0.5, 0.6) is 0 Å². The van der Waals surface area contributed by atoms with Crippen LogP contribution in [0.15, 0.2) is 48.9 Å². The van der Waals surface area contributed by atoms with Crippen LogP contribution in [0.2, 0.25) is 0 Å². The number of likely N-dealkylation sites (tertiary alicyclic amines) is 1. The number of pyridine rings is 2. The van der Waals surface area contributed by atoms with Gasteiger partial charge in [-0.2, -0.15) is 4.68 Å². The predicted octanol–water partition coefficient (Wildman–Crippen LogP) is 3.44. The van der Waals surface area contributed by atoms with Crippen LogP contribution in [0.3, 0.4) is 0 Å². The minimum Gasteiger partial charge on any atom is -0.290 e. The molecule has 1 atom stereocenters. The van der Waals surface area contributed by atoms with E-state index >= 15 is 0 Å². The van der Waals surface area contributed by atoms with Gasteiger partial charge in [0.2, 0.25) is 0 Å². The van der Waals surface area contributed by atoms with Crippen LogP contribution < -0.4 is 0 Å². The second kappa shape index (κ2) is 7.96. The van der Waals surface area contributed by atoms with Crippen molar-refractivity contribution in [1.29, 1.82) is 0 Å². The molecule has 6 nitrogen and oxygen atoms in total. The Labute approximate surface area is 160 Å². The van der Waals surface area contributed by atoms with Gasteiger partial charge in [-0.05, 0) is 55.6 Å². The molecule has 3 aromatic heterocycles. The van der Waals surface area contributed by atoms with E-state index in [9.17, 15) is 0 Å². The molecular weight excluding hydrogens is 336 g/mol. The molecule has 1 saturated heterocycles. The van der Waals surface area contributed by atoms with Gasteiger partial charge in [-0.1, -0.05) is 26.0 Å².